The van der Waals surface area contributed by atoms with Crippen LogP contribution in [0.1, 0.15) is 16.1 Å². The Morgan fingerprint density at radius 2 is 2.53 bits per heavy atom. The third-order valence-corrected chi connectivity index (χ3v) is 3.38. The lowest BCUT2D eigenvalue weighted by Crippen LogP contribution is -2.29. The minimum absolute atomic E-state index is 0.0431. The maximum Gasteiger partial charge on any atom is 0.267 e. The zero-order valence-corrected chi connectivity index (χ0v) is 9.29. The van der Waals surface area contributed by atoms with E-state index in [-0.39, 0.29) is 12.0 Å². The molecule has 4 nitrogen and oxygen atoms in total. The van der Waals surface area contributed by atoms with Gasteiger partial charge >= 0.3 is 0 Å². The Bertz CT molecular complexity index is 363. The van der Waals surface area contributed by atoms with Gasteiger partial charge in [0.1, 0.15) is 10.6 Å². The fraction of sp³-hybridized carbons (Fsp3) is 0.500. The molecule has 1 aromatic rings. The summed E-state index contributed by atoms with van der Waals surface area (Å²) >= 11 is 1.37. The van der Waals surface area contributed by atoms with Crippen LogP contribution in [0.25, 0.3) is 0 Å². The van der Waals surface area contributed by atoms with E-state index in [1.165, 1.54) is 11.3 Å². The molecule has 0 bridgehead atoms. The van der Waals surface area contributed by atoms with E-state index in [9.17, 15) is 9.90 Å². The molecule has 2 rings (SSSR count). The molecule has 0 unspecified atom stereocenters. The summed E-state index contributed by atoms with van der Waals surface area (Å²) < 4.78 is 5.09. The van der Waals surface area contributed by atoms with Crippen molar-refractivity contribution in [3.63, 3.8) is 0 Å². The lowest BCUT2D eigenvalue weighted by molar-refractivity contribution is 0.0766. The zero-order valence-electron chi connectivity index (χ0n) is 8.47. The first kappa shape index (κ1) is 10.4. The summed E-state index contributed by atoms with van der Waals surface area (Å²) in [6.45, 7) is 1.06. The van der Waals surface area contributed by atoms with Gasteiger partial charge in [0.25, 0.3) is 5.91 Å². The molecular formula is C10H13NO3S. The third-order valence-electron chi connectivity index (χ3n) is 2.49. The molecule has 82 valence electrons. The predicted molar refractivity (Wildman–Crippen MR) is 57.4 cm³/mol. The van der Waals surface area contributed by atoms with Gasteiger partial charge in [0, 0.05) is 13.1 Å². The molecule has 0 aromatic carbocycles. The molecule has 0 saturated carbocycles. The Morgan fingerprint density at radius 3 is 3.13 bits per heavy atom. The van der Waals surface area contributed by atoms with Crippen LogP contribution in [0.3, 0.4) is 0 Å². The third kappa shape index (κ3) is 1.98. The first-order valence-electron chi connectivity index (χ1n) is 4.81. The summed E-state index contributed by atoms with van der Waals surface area (Å²) in [6, 6.07) is 1.78. The van der Waals surface area contributed by atoms with Gasteiger partial charge in [0.05, 0.1) is 13.2 Å². The van der Waals surface area contributed by atoms with Crippen LogP contribution in [-0.2, 0) is 0 Å². The van der Waals surface area contributed by atoms with Gasteiger partial charge in [-0.25, -0.2) is 0 Å². The fourth-order valence-electron chi connectivity index (χ4n) is 1.68. The van der Waals surface area contributed by atoms with Gasteiger partial charge in [0.2, 0.25) is 0 Å². The van der Waals surface area contributed by atoms with Crippen molar-refractivity contribution in [3.05, 3.63) is 16.3 Å². The van der Waals surface area contributed by atoms with Crippen LogP contribution in [0.15, 0.2) is 11.4 Å². The number of nitrogens with zero attached hydrogens (tertiary/aromatic N) is 1. The van der Waals surface area contributed by atoms with E-state index in [0.717, 1.165) is 0 Å². The van der Waals surface area contributed by atoms with E-state index in [0.29, 0.717) is 30.1 Å². The maximum atomic E-state index is 12.0. The van der Waals surface area contributed by atoms with Crippen molar-refractivity contribution < 1.29 is 14.6 Å². The van der Waals surface area contributed by atoms with Crippen LogP contribution in [0.4, 0.5) is 0 Å². The average molecular weight is 227 g/mol. The van der Waals surface area contributed by atoms with Crippen molar-refractivity contribution in [1.82, 2.24) is 4.90 Å². The first-order valence-corrected chi connectivity index (χ1v) is 5.69. The summed E-state index contributed by atoms with van der Waals surface area (Å²) in [7, 11) is 1.55. The van der Waals surface area contributed by atoms with Crippen molar-refractivity contribution in [2.75, 3.05) is 20.2 Å². The Morgan fingerprint density at radius 1 is 1.73 bits per heavy atom. The lowest BCUT2D eigenvalue weighted by atomic mass is 10.3. The number of aliphatic hydroxyl groups is 1. The number of hydrogen-bond donors (Lipinski definition) is 1. The van der Waals surface area contributed by atoms with Gasteiger partial charge in [-0.1, -0.05) is 0 Å². The van der Waals surface area contributed by atoms with Crippen LogP contribution in [0.5, 0.6) is 5.75 Å². The van der Waals surface area contributed by atoms with Gasteiger partial charge in [-0.15, -0.1) is 11.3 Å². The molecule has 5 heteroatoms. The second-order valence-electron chi connectivity index (χ2n) is 3.51. The van der Waals surface area contributed by atoms with Crippen molar-refractivity contribution in [2.45, 2.75) is 12.5 Å². The normalized spacial score (nSPS) is 20.7. The molecule has 1 aliphatic heterocycles. The van der Waals surface area contributed by atoms with E-state index in [2.05, 4.69) is 0 Å². The van der Waals surface area contributed by atoms with Crippen LogP contribution >= 0.6 is 11.3 Å². The van der Waals surface area contributed by atoms with Crippen LogP contribution < -0.4 is 4.74 Å². The molecule has 1 amide bonds. The summed E-state index contributed by atoms with van der Waals surface area (Å²) in [6.07, 6.45) is 0.291. The molecule has 1 N–H and O–H groups in total. The molecule has 1 saturated heterocycles. The molecule has 1 aliphatic rings. The van der Waals surface area contributed by atoms with Gasteiger partial charge in [0.15, 0.2) is 0 Å². The van der Waals surface area contributed by atoms with Crippen LogP contribution in [0, 0.1) is 0 Å². The van der Waals surface area contributed by atoms with Gasteiger partial charge in [-0.05, 0) is 17.9 Å². The maximum absolute atomic E-state index is 12.0. The number of carbonyl (C=O) groups excluding carboxylic acids is 1. The lowest BCUT2D eigenvalue weighted by Gasteiger charge is -2.14. The largest absolute Gasteiger partial charge is 0.495 e. The monoisotopic (exact) mass is 227 g/mol. The molecule has 0 aliphatic carbocycles. The number of carbonyl (C=O) groups is 1. The van der Waals surface area contributed by atoms with Gasteiger partial charge in [-0.3, -0.25) is 4.79 Å². The number of ether oxygens (including phenoxy) is 1. The second-order valence-corrected chi connectivity index (χ2v) is 4.43. The number of hydrogen-bond acceptors (Lipinski definition) is 4. The molecule has 0 spiro atoms. The molecule has 0 radical (unpaired) electrons. The number of amides is 1. The topological polar surface area (TPSA) is 49.8 Å². The average Bonchev–Trinajstić information content (AvgIpc) is 2.84. The highest BCUT2D eigenvalue weighted by Gasteiger charge is 2.27. The van der Waals surface area contributed by atoms with E-state index >= 15 is 0 Å². The summed E-state index contributed by atoms with van der Waals surface area (Å²) in [5, 5.41) is 11.2. The summed E-state index contributed by atoms with van der Waals surface area (Å²) in [5.41, 5.74) is 0. The second kappa shape index (κ2) is 4.20. The SMILES string of the molecule is COc1ccsc1C(=O)N1CC[C@H](O)C1. The molecule has 15 heavy (non-hydrogen) atoms. The summed E-state index contributed by atoms with van der Waals surface area (Å²) in [4.78, 5) is 14.3. The van der Waals surface area contributed by atoms with E-state index in [1.54, 1.807) is 18.1 Å². The molecular weight excluding hydrogens is 214 g/mol. The molecule has 2 heterocycles. The standard InChI is InChI=1S/C10H13NO3S/c1-14-8-3-5-15-9(8)10(13)11-4-2-7(12)6-11/h3,5,7,12H,2,4,6H2,1H3/t7-/m0/s1. The Labute approximate surface area is 92.1 Å². The fourth-order valence-corrected chi connectivity index (χ4v) is 2.51. The molecule has 1 aromatic heterocycles. The number of methoxy groups -OCH3 is 1. The summed E-state index contributed by atoms with van der Waals surface area (Å²) in [5.74, 6) is 0.574. The van der Waals surface area contributed by atoms with Crippen molar-refractivity contribution in [1.29, 1.82) is 0 Å². The van der Waals surface area contributed by atoms with Crippen molar-refractivity contribution >= 4 is 17.2 Å². The smallest absolute Gasteiger partial charge is 0.267 e. The highest BCUT2D eigenvalue weighted by Crippen LogP contribution is 2.27. The van der Waals surface area contributed by atoms with E-state index in [4.69, 9.17) is 4.74 Å². The van der Waals surface area contributed by atoms with Crippen LogP contribution in [-0.4, -0.2) is 42.2 Å². The van der Waals surface area contributed by atoms with Gasteiger partial charge < -0.3 is 14.7 Å². The quantitative estimate of drug-likeness (QED) is 0.818. The van der Waals surface area contributed by atoms with Crippen molar-refractivity contribution in [3.8, 4) is 5.75 Å². The number of likely N-dealkylation sites (tertiary alicyclic amines) is 1. The van der Waals surface area contributed by atoms with E-state index in [1.807, 2.05) is 5.38 Å². The highest BCUT2D eigenvalue weighted by atomic mass is 32.1. The number of β-amino-alcohol motifs (C(OH)–C–C–N with tert-alkyl or cyclic N) is 1. The minimum Gasteiger partial charge on any atom is -0.495 e. The predicted octanol–water partition coefficient (Wildman–Crippen LogP) is 0.964. The Balaban J connectivity index is 2.14. The van der Waals surface area contributed by atoms with E-state index < -0.39 is 0 Å². The van der Waals surface area contributed by atoms with Crippen LogP contribution in [0.2, 0.25) is 0 Å². The molecule has 1 atom stereocenters. The van der Waals surface area contributed by atoms with Crippen molar-refractivity contribution in [2.24, 2.45) is 0 Å². The van der Waals surface area contributed by atoms with Gasteiger partial charge in [-0.2, -0.15) is 0 Å². The molecule has 1 fully saturated rings. The zero-order chi connectivity index (χ0) is 10.8. The number of rotatable bonds is 2. The minimum atomic E-state index is -0.375. The number of thiophene rings is 1. The Hall–Kier alpha value is -1.07. The number of aliphatic hydroxyl groups excluding tert-OH is 1. The first-order chi connectivity index (χ1) is 7.22. The highest BCUT2D eigenvalue weighted by molar-refractivity contribution is 7.12. The Kier molecular flexibility index (Phi) is 2.93.